The van der Waals surface area contributed by atoms with E-state index >= 15 is 0 Å². The van der Waals surface area contributed by atoms with Crippen LogP contribution in [0.15, 0.2) is 54.6 Å². The first-order chi connectivity index (χ1) is 10.2. The summed E-state index contributed by atoms with van der Waals surface area (Å²) in [6.07, 6.45) is -0.601. The van der Waals surface area contributed by atoms with Gasteiger partial charge in [0.25, 0.3) is 0 Å². The summed E-state index contributed by atoms with van der Waals surface area (Å²) in [5.74, 6) is 0.757. The molecule has 3 N–H and O–H groups in total. The number of ether oxygens (including phenoxy) is 1. The zero-order chi connectivity index (χ0) is 15.1. The lowest BCUT2D eigenvalue weighted by molar-refractivity contribution is 0.181. The fraction of sp³-hybridized carbons (Fsp3) is 0.188. The maximum absolute atomic E-state index is 10.0. The number of aliphatic hydroxyl groups is 1. The lowest BCUT2D eigenvalue weighted by Gasteiger charge is -2.15. The molecule has 0 saturated heterocycles. The SMILES string of the molecule is COc1cccc(NC(=S)NC[C@H](O)c2ccccc2)c1. The zero-order valence-corrected chi connectivity index (χ0v) is 12.6. The Labute approximate surface area is 129 Å². The summed E-state index contributed by atoms with van der Waals surface area (Å²) in [4.78, 5) is 0. The van der Waals surface area contributed by atoms with Crippen LogP contribution in [0.5, 0.6) is 5.75 Å². The van der Waals surface area contributed by atoms with Crippen molar-refractivity contribution >= 4 is 23.0 Å². The number of benzene rings is 2. The van der Waals surface area contributed by atoms with Crippen molar-refractivity contribution in [3.8, 4) is 5.75 Å². The normalized spacial score (nSPS) is 11.5. The molecule has 0 aliphatic rings. The third kappa shape index (κ3) is 4.73. The molecule has 2 aromatic rings. The fourth-order valence-electron chi connectivity index (χ4n) is 1.86. The van der Waals surface area contributed by atoms with Crippen LogP contribution < -0.4 is 15.4 Å². The van der Waals surface area contributed by atoms with Crippen molar-refractivity contribution in [1.82, 2.24) is 5.32 Å². The summed E-state index contributed by atoms with van der Waals surface area (Å²) in [6, 6.07) is 16.9. The highest BCUT2D eigenvalue weighted by Crippen LogP contribution is 2.16. The van der Waals surface area contributed by atoms with Crippen molar-refractivity contribution in [2.75, 3.05) is 19.0 Å². The molecular formula is C16H18N2O2S. The lowest BCUT2D eigenvalue weighted by Crippen LogP contribution is -2.32. The standard InChI is InChI=1S/C16H18N2O2S/c1-20-14-9-5-8-13(10-14)18-16(21)17-11-15(19)12-6-3-2-4-7-12/h2-10,15,19H,11H2,1H3,(H2,17,18,21)/t15-/m0/s1. The predicted molar refractivity (Wildman–Crippen MR) is 88.6 cm³/mol. The van der Waals surface area contributed by atoms with Crippen molar-refractivity contribution in [3.05, 3.63) is 60.2 Å². The molecule has 4 nitrogen and oxygen atoms in total. The monoisotopic (exact) mass is 302 g/mol. The van der Waals surface area contributed by atoms with Gasteiger partial charge in [-0.05, 0) is 29.9 Å². The van der Waals surface area contributed by atoms with Crippen LogP contribution in [-0.4, -0.2) is 23.9 Å². The number of nitrogens with one attached hydrogen (secondary N) is 2. The first-order valence-electron chi connectivity index (χ1n) is 6.61. The Bertz CT molecular complexity index is 590. The molecule has 1 atom stereocenters. The summed E-state index contributed by atoms with van der Waals surface area (Å²) in [5.41, 5.74) is 1.69. The van der Waals surface area contributed by atoms with Gasteiger partial charge in [-0.2, -0.15) is 0 Å². The van der Waals surface area contributed by atoms with Crippen LogP contribution in [0.1, 0.15) is 11.7 Å². The zero-order valence-electron chi connectivity index (χ0n) is 11.7. The minimum absolute atomic E-state index is 0.347. The van der Waals surface area contributed by atoms with E-state index in [0.717, 1.165) is 17.0 Å². The van der Waals surface area contributed by atoms with Crippen molar-refractivity contribution < 1.29 is 9.84 Å². The molecule has 5 heteroatoms. The molecule has 0 spiro atoms. The molecule has 0 aliphatic carbocycles. The van der Waals surface area contributed by atoms with Crippen LogP contribution >= 0.6 is 12.2 Å². The molecule has 0 radical (unpaired) electrons. The van der Waals surface area contributed by atoms with Gasteiger partial charge in [0.2, 0.25) is 0 Å². The smallest absolute Gasteiger partial charge is 0.170 e. The molecule has 0 aromatic heterocycles. The number of anilines is 1. The van der Waals surface area contributed by atoms with E-state index in [4.69, 9.17) is 17.0 Å². The fourth-order valence-corrected chi connectivity index (χ4v) is 2.06. The van der Waals surface area contributed by atoms with Gasteiger partial charge >= 0.3 is 0 Å². The number of thiocarbonyl (C=S) groups is 1. The Kier molecular flexibility index (Phi) is 5.54. The van der Waals surface area contributed by atoms with Crippen molar-refractivity contribution in [2.24, 2.45) is 0 Å². The van der Waals surface area contributed by atoms with Crippen LogP contribution in [0.3, 0.4) is 0 Å². The van der Waals surface area contributed by atoms with Crippen LogP contribution in [0, 0.1) is 0 Å². The number of methoxy groups -OCH3 is 1. The Morgan fingerprint density at radius 2 is 1.95 bits per heavy atom. The van der Waals surface area contributed by atoms with Crippen LogP contribution in [0.4, 0.5) is 5.69 Å². The molecule has 2 aromatic carbocycles. The number of hydrogen-bond acceptors (Lipinski definition) is 3. The maximum atomic E-state index is 10.0. The summed E-state index contributed by atoms with van der Waals surface area (Å²) in [7, 11) is 1.62. The molecular weight excluding hydrogens is 284 g/mol. The molecule has 0 amide bonds. The largest absolute Gasteiger partial charge is 0.497 e. The number of hydrogen-bond donors (Lipinski definition) is 3. The van der Waals surface area contributed by atoms with E-state index in [1.54, 1.807) is 7.11 Å². The van der Waals surface area contributed by atoms with E-state index in [0.29, 0.717) is 11.7 Å². The maximum Gasteiger partial charge on any atom is 0.170 e. The third-order valence-corrected chi connectivity index (χ3v) is 3.21. The summed E-state index contributed by atoms with van der Waals surface area (Å²) >= 11 is 5.21. The first kappa shape index (κ1) is 15.3. The first-order valence-corrected chi connectivity index (χ1v) is 7.02. The Balaban J connectivity index is 1.84. The van der Waals surface area contributed by atoms with E-state index in [-0.39, 0.29) is 0 Å². The number of rotatable bonds is 5. The topological polar surface area (TPSA) is 53.5 Å². The molecule has 0 fully saturated rings. The van der Waals surface area contributed by atoms with Gasteiger partial charge < -0.3 is 20.5 Å². The minimum Gasteiger partial charge on any atom is -0.497 e. The van der Waals surface area contributed by atoms with Crippen molar-refractivity contribution in [3.63, 3.8) is 0 Å². The molecule has 0 bridgehead atoms. The minimum atomic E-state index is -0.601. The molecule has 0 unspecified atom stereocenters. The van der Waals surface area contributed by atoms with E-state index in [2.05, 4.69) is 10.6 Å². The third-order valence-electron chi connectivity index (χ3n) is 2.97. The molecule has 0 heterocycles. The summed E-state index contributed by atoms with van der Waals surface area (Å²) in [5, 5.41) is 16.6. The van der Waals surface area contributed by atoms with E-state index in [9.17, 15) is 5.11 Å². The Morgan fingerprint density at radius 3 is 2.67 bits per heavy atom. The second kappa shape index (κ2) is 7.61. The average molecular weight is 302 g/mol. The van der Waals surface area contributed by atoms with Gasteiger partial charge in [-0.3, -0.25) is 0 Å². The van der Waals surface area contributed by atoms with Crippen LogP contribution in [0.25, 0.3) is 0 Å². The highest BCUT2D eigenvalue weighted by atomic mass is 32.1. The van der Waals surface area contributed by atoms with Crippen LogP contribution in [-0.2, 0) is 0 Å². The predicted octanol–water partition coefficient (Wildman–Crippen LogP) is 2.72. The Morgan fingerprint density at radius 1 is 1.19 bits per heavy atom. The van der Waals surface area contributed by atoms with Gasteiger partial charge in [-0.1, -0.05) is 36.4 Å². The van der Waals surface area contributed by atoms with Crippen LogP contribution in [0.2, 0.25) is 0 Å². The van der Waals surface area contributed by atoms with Crippen molar-refractivity contribution in [2.45, 2.75) is 6.10 Å². The van der Waals surface area contributed by atoms with Crippen molar-refractivity contribution in [1.29, 1.82) is 0 Å². The summed E-state index contributed by atoms with van der Waals surface area (Å²) in [6.45, 7) is 0.347. The summed E-state index contributed by atoms with van der Waals surface area (Å²) < 4.78 is 5.15. The highest BCUT2D eigenvalue weighted by molar-refractivity contribution is 7.80. The molecule has 110 valence electrons. The molecule has 2 rings (SSSR count). The van der Waals surface area contributed by atoms with Gasteiger partial charge in [0.15, 0.2) is 5.11 Å². The van der Waals surface area contributed by atoms with E-state index < -0.39 is 6.10 Å². The molecule has 21 heavy (non-hydrogen) atoms. The van der Waals surface area contributed by atoms with Gasteiger partial charge in [-0.15, -0.1) is 0 Å². The number of aliphatic hydroxyl groups excluding tert-OH is 1. The second-order valence-corrected chi connectivity index (χ2v) is 4.90. The van der Waals surface area contributed by atoms with E-state index in [1.807, 2.05) is 54.6 Å². The van der Waals surface area contributed by atoms with Gasteiger partial charge in [0, 0.05) is 18.3 Å². The molecule has 0 saturated carbocycles. The molecule has 0 aliphatic heterocycles. The average Bonchev–Trinajstić information content (AvgIpc) is 2.53. The van der Waals surface area contributed by atoms with Gasteiger partial charge in [0.1, 0.15) is 5.75 Å². The quantitative estimate of drug-likeness (QED) is 0.742. The van der Waals surface area contributed by atoms with Gasteiger partial charge in [-0.25, -0.2) is 0 Å². The Hall–Kier alpha value is -2.11. The van der Waals surface area contributed by atoms with Gasteiger partial charge in [0.05, 0.1) is 13.2 Å². The highest BCUT2D eigenvalue weighted by Gasteiger charge is 2.07. The second-order valence-electron chi connectivity index (χ2n) is 4.49. The van der Waals surface area contributed by atoms with E-state index in [1.165, 1.54) is 0 Å². The lowest BCUT2D eigenvalue weighted by atomic mass is 10.1.